The third kappa shape index (κ3) is 1.80. The first-order chi connectivity index (χ1) is 10.2. The summed E-state index contributed by atoms with van der Waals surface area (Å²) in [5.74, 6) is 0.731. The van der Waals surface area contributed by atoms with Crippen molar-refractivity contribution in [2.24, 2.45) is 7.05 Å². The van der Waals surface area contributed by atoms with Gasteiger partial charge in [0.25, 0.3) is 0 Å². The minimum Gasteiger partial charge on any atom is -0.291 e. The minimum absolute atomic E-state index is 0.731. The summed E-state index contributed by atoms with van der Waals surface area (Å²) in [5, 5.41) is 1.14. The first kappa shape index (κ1) is 12.0. The smallest absolute Gasteiger partial charge is 0.234 e. The molecule has 0 radical (unpaired) electrons. The summed E-state index contributed by atoms with van der Waals surface area (Å²) in [7, 11) is 2.07. The third-order valence-corrected chi connectivity index (χ3v) is 3.88. The first-order valence-corrected chi connectivity index (χ1v) is 6.92. The van der Waals surface area contributed by atoms with Gasteiger partial charge in [0.2, 0.25) is 11.5 Å². The van der Waals surface area contributed by atoms with Crippen LogP contribution in [0.5, 0.6) is 0 Å². The Morgan fingerprint density at radius 2 is 2.05 bits per heavy atom. The van der Waals surface area contributed by atoms with Gasteiger partial charge in [0.15, 0.2) is 6.20 Å². The van der Waals surface area contributed by atoms with Crippen molar-refractivity contribution < 1.29 is 4.57 Å². The number of hydrogen-bond acceptors (Lipinski definition) is 2. The first-order valence-electron chi connectivity index (χ1n) is 6.92. The number of nitrogens with zero attached hydrogens (tertiary/aromatic N) is 4. The summed E-state index contributed by atoms with van der Waals surface area (Å²) in [4.78, 5) is 8.90. The number of hydrogen-bond donors (Lipinski definition) is 0. The molecule has 0 unspecified atom stereocenters. The number of benzene rings is 1. The molecule has 0 aliphatic rings. The van der Waals surface area contributed by atoms with Gasteiger partial charge in [-0.3, -0.25) is 4.40 Å². The molecule has 4 nitrogen and oxygen atoms in total. The van der Waals surface area contributed by atoms with Gasteiger partial charge in [-0.2, -0.15) is 0 Å². The van der Waals surface area contributed by atoms with Gasteiger partial charge in [0, 0.05) is 36.1 Å². The maximum absolute atomic E-state index is 4.64. The van der Waals surface area contributed by atoms with Crippen LogP contribution in [0.25, 0.3) is 27.9 Å². The largest absolute Gasteiger partial charge is 0.291 e. The third-order valence-electron chi connectivity index (χ3n) is 3.88. The van der Waals surface area contributed by atoms with E-state index in [1.165, 1.54) is 16.8 Å². The summed E-state index contributed by atoms with van der Waals surface area (Å²) in [6, 6.07) is 10.4. The van der Waals surface area contributed by atoms with E-state index >= 15 is 0 Å². The van der Waals surface area contributed by atoms with Crippen molar-refractivity contribution in [2.45, 2.75) is 6.92 Å². The summed E-state index contributed by atoms with van der Waals surface area (Å²) in [5.41, 5.74) is 4.62. The van der Waals surface area contributed by atoms with Crippen molar-refractivity contribution in [1.29, 1.82) is 0 Å². The minimum atomic E-state index is 0.731. The molecule has 4 heteroatoms. The monoisotopic (exact) mass is 275 g/mol. The molecule has 4 aromatic rings. The van der Waals surface area contributed by atoms with Gasteiger partial charge in [-0.15, -0.1) is 0 Å². The fourth-order valence-electron chi connectivity index (χ4n) is 2.81. The van der Waals surface area contributed by atoms with Gasteiger partial charge >= 0.3 is 0 Å². The fourth-order valence-corrected chi connectivity index (χ4v) is 2.81. The van der Waals surface area contributed by atoms with E-state index in [2.05, 4.69) is 65.2 Å². The Hall–Kier alpha value is -2.75. The highest BCUT2D eigenvalue weighted by atomic mass is 15.1. The van der Waals surface area contributed by atoms with Crippen LogP contribution in [0.3, 0.4) is 0 Å². The summed E-state index contributed by atoms with van der Waals surface area (Å²) >= 11 is 0. The molecule has 3 aromatic heterocycles. The molecule has 0 aliphatic carbocycles. The molecular formula is C17H15N4+. The molecule has 0 fully saturated rings. The number of aromatic nitrogens is 4. The molecule has 0 aliphatic heterocycles. The van der Waals surface area contributed by atoms with Crippen molar-refractivity contribution in [3.8, 4) is 11.3 Å². The summed E-state index contributed by atoms with van der Waals surface area (Å²) in [6.45, 7) is 2.14. The van der Waals surface area contributed by atoms with E-state index in [9.17, 15) is 0 Å². The zero-order valence-corrected chi connectivity index (χ0v) is 12.0. The number of fused-ring (bicyclic) bond motifs is 2. The second-order valence-corrected chi connectivity index (χ2v) is 5.26. The number of rotatable bonds is 1. The van der Waals surface area contributed by atoms with Crippen LogP contribution in [0.4, 0.5) is 0 Å². The molecule has 102 valence electrons. The van der Waals surface area contributed by atoms with Crippen LogP contribution in [0.15, 0.2) is 55.1 Å². The van der Waals surface area contributed by atoms with Gasteiger partial charge in [0.1, 0.15) is 7.05 Å². The highest BCUT2D eigenvalue weighted by molar-refractivity contribution is 5.94. The number of aryl methyl sites for hydroxylation is 2. The van der Waals surface area contributed by atoms with E-state index in [1.807, 2.05) is 16.7 Å². The molecule has 0 N–H and O–H groups in total. The molecule has 21 heavy (non-hydrogen) atoms. The zero-order chi connectivity index (χ0) is 14.4. The van der Waals surface area contributed by atoms with Crippen molar-refractivity contribution >= 4 is 16.7 Å². The molecule has 3 heterocycles. The maximum atomic E-state index is 4.64. The lowest BCUT2D eigenvalue weighted by Crippen LogP contribution is -2.30. The Labute approximate surface area is 122 Å². The molecular weight excluding hydrogens is 260 g/mol. The van der Waals surface area contributed by atoms with E-state index in [-0.39, 0.29) is 0 Å². The van der Waals surface area contributed by atoms with E-state index < -0.39 is 0 Å². The van der Waals surface area contributed by atoms with Crippen LogP contribution < -0.4 is 4.57 Å². The van der Waals surface area contributed by atoms with Gasteiger partial charge in [-0.1, -0.05) is 6.07 Å². The van der Waals surface area contributed by atoms with E-state index in [1.54, 1.807) is 6.20 Å². The number of pyridine rings is 1. The highest BCUT2D eigenvalue weighted by Gasteiger charge is 2.16. The van der Waals surface area contributed by atoms with Crippen LogP contribution in [0, 0.1) is 6.92 Å². The second kappa shape index (κ2) is 4.38. The Balaban J connectivity index is 2.16. The molecule has 4 rings (SSSR count). The Morgan fingerprint density at radius 1 is 1.14 bits per heavy atom. The van der Waals surface area contributed by atoms with Gasteiger partial charge < -0.3 is 0 Å². The average molecular weight is 275 g/mol. The Morgan fingerprint density at radius 3 is 2.90 bits per heavy atom. The molecule has 0 spiro atoms. The fraction of sp³-hybridized carbons (Fsp3) is 0.118. The normalized spacial score (nSPS) is 11.3. The van der Waals surface area contributed by atoms with E-state index in [0.29, 0.717) is 0 Å². The van der Waals surface area contributed by atoms with E-state index in [0.717, 1.165) is 16.7 Å². The van der Waals surface area contributed by atoms with Crippen molar-refractivity contribution in [3.63, 3.8) is 0 Å². The highest BCUT2D eigenvalue weighted by Crippen LogP contribution is 2.29. The molecule has 0 saturated heterocycles. The lowest BCUT2D eigenvalue weighted by Gasteiger charge is -2.09. The maximum Gasteiger partial charge on any atom is 0.234 e. The zero-order valence-electron chi connectivity index (χ0n) is 12.0. The molecule has 1 aromatic carbocycles. The van der Waals surface area contributed by atoms with Crippen molar-refractivity contribution in [1.82, 2.24) is 14.4 Å². The molecule has 0 atom stereocenters. The lowest BCUT2D eigenvalue weighted by atomic mass is 10.00. The number of imidazole rings is 1. The molecule has 0 saturated carbocycles. The SMILES string of the molecule is Cc1ccc2nc3nccn3cc2c1-c1cccc[n+]1C. The predicted octanol–water partition coefficient (Wildman–Crippen LogP) is 2.68. The van der Waals surface area contributed by atoms with Gasteiger partial charge in [0.05, 0.1) is 11.1 Å². The lowest BCUT2D eigenvalue weighted by molar-refractivity contribution is -0.660. The van der Waals surface area contributed by atoms with Crippen LogP contribution in [0.1, 0.15) is 5.56 Å². The molecule has 0 amide bonds. The quantitative estimate of drug-likeness (QED) is 0.500. The van der Waals surface area contributed by atoms with Gasteiger partial charge in [-0.05, 0) is 24.6 Å². The van der Waals surface area contributed by atoms with Gasteiger partial charge in [-0.25, -0.2) is 14.5 Å². The topological polar surface area (TPSA) is 34.1 Å². The standard InChI is InChI=1S/C17H15N4/c1-12-6-7-14-13(11-21-10-8-18-17(21)19-14)16(12)15-5-3-4-9-20(15)2/h3-11H,1-2H3/q+1. The van der Waals surface area contributed by atoms with Crippen LogP contribution in [-0.4, -0.2) is 14.4 Å². The predicted molar refractivity (Wildman–Crippen MR) is 81.8 cm³/mol. The van der Waals surface area contributed by atoms with Crippen LogP contribution in [-0.2, 0) is 7.05 Å². The van der Waals surface area contributed by atoms with Crippen molar-refractivity contribution in [3.05, 3.63) is 60.7 Å². The summed E-state index contributed by atoms with van der Waals surface area (Å²) < 4.78 is 4.11. The summed E-state index contributed by atoms with van der Waals surface area (Å²) in [6.07, 6.45) is 7.88. The Kier molecular flexibility index (Phi) is 2.51. The Bertz CT molecular complexity index is 969. The van der Waals surface area contributed by atoms with Crippen LogP contribution >= 0.6 is 0 Å². The second-order valence-electron chi connectivity index (χ2n) is 5.26. The van der Waals surface area contributed by atoms with E-state index in [4.69, 9.17) is 0 Å². The molecule has 0 bridgehead atoms. The average Bonchev–Trinajstić information content (AvgIpc) is 2.94. The van der Waals surface area contributed by atoms with Crippen LogP contribution in [0.2, 0.25) is 0 Å². The van der Waals surface area contributed by atoms with Crippen molar-refractivity contribution in [2.75, 3.05) is 0 Å².